The molecule has 0 bridgehead atoms. The highest BCUT2D eigenvalue weighted by molar-refractivity contribution is 6.22. The molecule has 2 heterocycles. The van der Waals surface area contributed by atoms with Gasteiger partial charge in [-0.1, -0.05) is 140 Å². The van der Waals surface area contributed by atoms with Gasteiger partial charge in [0.25, 0.3) is 0 Å². The smallest absolute Gasteiger partial charge is 0.227 e. The Bertz CT molecular complexity index is 3240. The van der Waals surface area contributed by atoms with Gasteiger partial charge in [0.15, 0.2) is 5.58 Å². The average Bonchev–Trinajstić information content (AvgIpc) is 3.88. The highest BCUT2D eigenvalue weighted by Gasteiger charge is 2.22. The van der Waals surface area contributed by atoms with Crippen molar-refractivity contribution in [1.29, 1.82) is 0 Å². The zero-order valence-corrected chi connectivity index (χ0v) is 31.0. The number of anilines is 3. The van der Waals surface area contributed by atoms with Crippen molar-refractivity contribution in [3.63, 3.8) is 0 Å². The molecule has 268 valence electrons. The molecular weight excluding hydrogens is 695 g/mol. The molecule has 0 saturated heterocycles. The minimum atomic E-state index is 0.614. The second-order valence-corrected chi connectivity index (χ2v) is 14.4. The van der Waals surface area contributed by atoms with Crippen molar-refractivity contribution in [3.05, 3.63) is 212 Å². The van der Waals surface area contributed by atoms with E-state index in [2.05, 4.69) is 185 Å². The minimum absolute atomic E-state index is 0.614. The SMILES string of the molecule is c1ccc(-c2nc3cccc(-c4cccc(N(c5ccc6c(c5)c5c7ccccc7ccc5n6-c5ccccc5)c5ccccc5-c5ccccc5)c4)c3o2)cc1. The lowest BCUT2D eigenvalue weighted by Crippen LogP contribution is -2.11. The Morgan fingerprint density at radius 2 is 1.09 bits per heavy atom. The van der Waals surface area contributed by atoms with Crippen LogP contribution in [-0.2, 0) is 0 Å². The third-order valence-electron chi connectivity index (χ3n) is 11.0. The minimum Gasteiger partial charge on any atom is -0.435 e. The van der Waals surface area contributed by atoms with E-state index in [0.29, 0.717) is 5.89 Å². The number of rotatable bonds is 7. The Labute approximate surface area is 330 Å². The van der Waals surface area contributed by atoms with Crippen molar-refractivity contribution in [3.8, 4) is 39.4 Å². The van der Waals surface area contributed by atoms with E-state index in [1.165, 1.54) is 27.1 Å². The summed E-state index contributed by atoms with van der Waals surface area (Å²) < 4.78 is 8.92. The molecule has 0 unspecified atom stereocenters. The number of nitrogens with zero attached hydrogens (tertiary/aromatic N) is 3. The first-order valence-electron chi connectivity index (χ1n) is 19.3. The number of fused-ring (bicyclic) bond motifs is 6. The van der Waals surface area contributed by atoms with Gasteiger partial charge in [0.1, 0.15) is 5.52 Å². The molecule has 11 rings (SSSR count). The van der Waals surface area contributed by atoms with Gasteiger partial charge in [0.05, 0.1) is 16.7 Å². The summed E-state index contributed by atoms with van der Waals surface area (Å²) in [5.74, 6) is 0.614. The molecule has 0 aliphatic rings. The Balaban J connectivity index is 1.16. The fourth-order valence-electron chi connectivity index (χ4n) is 8.42. The summed E-state index contributed by atoms with van der Waals surface area (Å²) in [5.41, 5.74) is 13.5. The highest BCUT2D eigenvalue weighted by Crippen LogP contribution is 2.45. The molecule has 0 radical (unpaired) electrons. The van der Waals surface area contributed by atoms with Crippen LogP contribution in [0.3, 0.4) is 0 Å². The third-order valence-corrected chi connectivity index (χ3v) is 11.0. The van der Waals surface area contributed by atoms with Crippen molar-refractivity contribution < 1.29 is 4.42 Å². The van der Waals surface area contributed by atoms with Gasteiger partial charge in [-0.05, 0) is 94.7 Å². The van der Waals surface area contributed by atoms with Crippen molar-refractivity contribution in [2.24, 2.45) is 0 Å². The van der Waals surface area contributed by atoms with E-state index in [1.54, 1.807) is 0 Å². The molecule has 4 nitrogen and oxygen atoms in total. The van der Waals surface area contributed by atoms with Crippen LogP contribution in [0, 0.1) is 0 Å². The van der Waals surface area contributed by atoms with Crippen LogP contribution in [0.15, 0.2) is 217 Å². The standard InChI is InChI=1S/C53H35N3O/c1-4-16-36(17-5-1)43-25-12-13-29-48(43)55(41-24-14-21-39(34-41)45-27-15-28-47-52(45)57-53(54-47)38-19-6-2-7-20-38)42-31-33-49-46(35-42)51-44-26-11-10-18-37(44)30-32-50(51)56(49)40-22-8-3-9-23-40/h1-35H. The molecule has 11 aromatic rings. The summed E-state index contributed by atoms with van der Waals surface area (Å²) in [6.45, 7) is 0. The maximum absolute atomic E-state index is 6.52. The Hall–Kier alpha value is -7.69. The van der Waals surface area contributed by atoms with Crippen molar-refractivity contribution in [2.45, 2.75) is 0 Å². The maximum Gasteiger partial charge on any atom is 0.227 e. The number of para-hydroxylation sites is 3. The first-order chi connectivity index (χ1) is 28.3. The van der Waals surface area contributed by atoms with Gasteiger partial charge in [-0.2, -0.15) is 0 Å². The molecule has 0 N–H and O–H groups in total. The van der Waals surface area contributed by atoms with Gasteiger partial charge in [0.2, 0.25) is 5.89 Å². The van der Waals surface area contributed by atoms with Gasteiger partial charge in [-0.3, -0.25) is 0 Å². The average molecular weight is 730 g/mol. The van der Waals surface area contributed by atoms with Gasteiger partial charge in [-0.25, -0.2) is 4.98 Å². The van der Waals surface area contributed by atoms with Gasteiger partial charge >= 0.3 is 0 Å². The number of hydrogen-bond acceptors (Lipinski definition) is 3. The van der Waals surface area contributed by atoms with E-state index in [1.807, 2.05) is 36.4 Å². The molecule has 4 heteroatoms. The Morgan fingerprint density at radius 1 is 0.439 bits per heavy atom. The van der Waals surface area contributed by atoms with Crippen LogP contribution in [0.2, 0.25) is 0 Å². The van der Waals surface area contributed by atoms with Crippen molar-refractivity contribution in [1.82, 2.24) is 9.55 Å². The van der Waals surface area contributed by atoms with Crippen LogP contribution in [0.5, 0.6) is 0 Å². The molecule has 0 saturated carbocycles. The first kappa shape index (κ1) is 32.7. The lowest BCUT2D eigenvalue weighted by molar-refractivity contribution is 0.621. The second-order valence-electron chi connectivity index (χ2n) is 14.4. The van der Waals surface area contributed by atoms with E-state index in [9.17, 15) is 0 Å². The van der Waals surface area contributed by atoms with Crippen LogP contribution in [0.4, 0.5) is 17.1 Å². The Kier molecular flexibility index (Phi) is 7.78. The largest absolute Gasteiger partial charge is 0.435 e. The van der Waals surface area contributed by atoms with E-state index in [-0.39, 0.29) is 0 Å². The molecule has 0 aliphatic heterocycles. The van der Waals surface area contributed by atoms with Crippen LogP contribution in [0.1, 0.15) is 0 Å². The summed E-state index contributed by atoms with van der Waals surface area (Å²) in [6.07, 6.45) is 0. The molecular formula is C53H35N3O. The summed E-state index contributed by atoms with van der Waals surface area (Å²) in [5, 5.41) is 4.89. The molecule has 57 heavy (non-hydrogen) atoms. The first-order valence-corrected chi connectivity index (χ1v) is 19.3. The number of benzene rings is 9. The third kappa shape index (κ3) is 5.58. The van der Waals surface area contributed by atoms with Gasteiger partial charge in [0, 0.05) is 44.5 Å². The number of oxazole rings is 1. The van der Waals surface area contributed by atoms with E-state index < -0.39 is 0 Å². The molecule has 0 aliphatic carbocycles. The number of aromatic nitrogens is 2. The van der Waals surface area contributed by atoms with E-state index in [4.69, 9.17) is 9.40 Å². The van der Waals surface area contributed by atoms with Crippen LogP contribution >= 0.6 is 0 Å². The molecule has 2 aromatic heterocycles. The summed E-state index contributed by atoms with van der Waals surface area (Å²) in [4.78, 5) is 7.29. The lowest BCUT2D eigenvalue weighted by Gasteiger charge is -2.28. The quantitative estimate of drug-likeness (QED) is 0.164. The van der Waals surface area contributed by atoms with Crippen LogP contribution < -0.4 is 4.90 Å². The van der Waals surface area contributed by atoms with E-state index in [0.717, 1.165) is 67.2 Å². The summed E-state index contributed by atoms with van der Waals surface area (Å²) in [7, 11) is 0. The fraction of sp³-hybridized carbons (Fsp3) is 0. The molecule has 0 fully saturated rings. The molecule has 0 amide bonds. The number of hydrogen-bond donors (Lipinski definition) is 0. The van der Waals surface area contributed by atoms with Gasteiger partial charge < -0.3 is 13.9 Å². The fourth-order valence-corrected chi connectivity index (χ4v) is 8.42. The second kappa shape index (κ2) is 13.6. The maximum atomic E-state index is 6.52. The summed E-state index contributed by atoms with van der Waals surface area (Å²) >= 11 is 0. The van der Waals surface area contributed by atoms with Crippen molar-refractivity contribution >= 4 is 60.7 Å². The van der Waals surface area contributed by atoms with Crippen LogP contribution in [-0.4, -0.2) is 9.55 Å². The predicted molar refractivity (Wildman–Crippen MR) is 237 cm³/mol. The molecule has 0 spiro atoms. The zero-order chi connectivity index (χ0) is 37.7. The van der Waals surface area contributed by atoms with Crippen LogP contribution in [0.25, 0.3) is 83.1 Å². The lowest BCUT2D eigenvalue weighted by atomic mass is 9.99. The normalized spacial score (nSPS) is 11.5. The van der Waals surface area contributed by atoms with Crippen molar-refractivity contribution in [2.75, 3.05) is 4.90 Å². The predicted octanol–water partition coefficient (Wildman–Crippen LogP) is 14.5. The zero-order valence-electron chi connectivity index (χ0n) is 31.0. The monoisotopic (exact) mass is 729 g/mol. The highest BCUT2D eigenvalue weighted by atomic mass is 16.3. The molecule has 9 aromatic carbocycles. The summed E-state index contributed by atoms with van der Waals surface area (Å²) in [6, 6.07) is 75.2. The Morgan fingerprint density at radius 3 is 1.93 bits per heavy atom. The van der Waals surface area contributed by atoms with Gasteiger partial charge in [-0.15, -0.1) is 0 Å². The van der Waals surface area contributed by atoms with E-state index >= 15 is 0 Å². The topological polar surface area (TPSA) is 34.2 Å². The molecule has 0 atom stereocenters.